The number of rotatable bonds is 1. The van der Waals surface area contributed by atoms with Crippen molar-refractivity contribution in [2.75, 3.05) is 12.3 Å². The zero-order chi connectivity index (χ0) is 13.2. The molecule has 2 heterocycles. The molecule has 1 amide bonds. The third kappa shape index (κ3) is 2.68. The fourth-order valence-corrected chi connectivity index (χ4v) is 4.90. The molecule has 0 aromatic carbocycles. The van der Waals surface area contributed by atoms with Gasteiger partial charge in [-0.1, -0.05) is 12.8 Å². The molecule has 3 nitrogen and oxygen atoms in total. The Morgan fingerprint density at radius 3 is 3.11 bits per heavy atom. The molecule has 1 aromatic heterocycles. The van der Waals surface area contributed by atoms with Gasteiger partial charge < -0.3 is 4.90 Å². The zero-order valence-corrected chi connectivity index (χ0v) is 13.1. The molecule has 1 aromatic rings. The standard InChI is InChI=1S/C14H17BrN2OS/c15-10-4-3-7-16-13(10)14(18)17-8-9-19-12-6-2-1-5-11(12)17/h3-4,7,11-12H,1-2,5-6,8-9H2/t11-,12+/m1/s1. The molecule has 2 atom stereocenters. The summed E-state index contributed by atoms with van der Waals surface area (Å²) in [4.78, 5) is 19.0. The van der Waals surface area contributed by atoms with Crippen LogP contribution in [0.5, 0.6) is 0 Å². The van der Waals surface area contributed by atoms with Crippen molar-refractivity contribution in [2.45, 2.75) is 37.0 Å². The highest BCUT2D eigenvalue weighted by Crippen LogP contribution is 2.36. The number of halogens is 1. The van der Waals surface area contributed by atoms with E-state index in [1.54, 1.807) is 6.20 Å². The summed E-state index contributed by atoms with van der Waals surface area (Å²) < 4.78 is 0.797. The Hall–Kier alpha value is -0.550. The fourth-order valence-electron chi connectivity index (χ4n) is 3.03. The van der Waals surface area contributed by atoms with E-state index < -0.39 is 0 Å². The maximum Gasteiger partial charge on any atom is 0.273 e. The smallest absolute Gasteiger partial charge is 0.273 e. The summed E-state index contributed by atoms with van der Waals surface area (Å²) in [6.07, 6.45) is 6.64. The van der Waals surface area contributed by atoms with E-state index in [0.29, 0.717) is 17.0 Å². The summed E-state index contributed by atoms with van der Waals surface area (Å²) in [7, 11) is 0. The minimum atomic E-state index is 0.0877. The Labute approximate surface area is 126 Å². The molecule has 0 N–H and O–H groups in total. The van der Waals surface area contributed by atoms with Gasteiger partial charge in [0, 0.05) is 34.3 Å². The first kappa shape index (κ1) is 13.4. The van der Waals surface area contributed by atoms with Crippen LogP contribution in [0.25, 0.3) is 0 Å². The van der Waals surface area contributed by atoms with E-state index in [1.165, 1.54) is 19.3 Å². The van der Waals surface area contributed by atoms with Gasteiger partial charge in [0.25, 0.3) is 5.91 Å². The zero-order valence-electron chi connectivity index (χ0n) is 10.7. The van der Waals surface area contributed by atoms with Crippen LogP contribution < -0.4 is 0 Å². The molecular formula is C14H17BrN2OS. The first-order chi connectivity index (χ1) is 9.27. The molecule has 0 unspecified atom stereocenters. The Bertz CT molecular complexity index is 480. The summed E-state index contributed by atoms with van der Waals surface area (Å²) in [6, 6.07) is 4.14. The highest BCUT2D eigenvalue weighted by Gasteiger charge is 2.37. The van der Waals surface area contributed by atoms with Crippen LogP contribution in [0.4, 0.5) is 0 Å². The lowest BCUT2D eigenvalue weighted by Crippen LogP contribution is -2.51. The molecule has 0 spiro atoms. The Morgan fingerprint density at radius 1 is 1.42 bits per heavy atom. The van der Waals surface area contributed by atoms with Gasteiger partial charge in [0.05, 0.1) is 0 Å². The molecule has 0 bridgehead atoms. The number of aromatic nitrogens is 1. The van der Waals surface area contributed by atoms with Crippen molar-refractivity contribution in [3.8, 4) is 0 Å². The van der Waals surface area contributed by atoms with E-state index >= 15 is 0 Å². The van der Waals surface area contributed by atoms with Gasteiger partial charge in [0.15, 0.2) is 0 Å². The van der Waals surface area contributed by atoms with E-state index in [-0.39, 0.29) is 5.91 Å². The predicted octanol–water partition coefficient (Wildman–Crippen LogP) is 3.34. The van der Waals surface area contributed by atoms with E-state index in [4.69, 9.17) is 0 Å². The predicted molar refractivity (Wildman–Crippen MR) is 81.5 cm³/mol. The minimum Gasteiger partial charge on any atom is -0.332 e. The molecule has 19 heavy (non-hydrogen) atoms. The van der Waals surface area contributed by atoms with Crippen LogP contribution >= 0.6 is 27.7 Å². The van der Waals surface area contributed by atoms with Gasteiger partial charge in [-0.15, -0.1) is 0 Å². The Balaban J connectivity index is 1.84. The average Bonchev–Trinajstić information content (AvgIpc) is 2.46. The van der Waals surface area contributed by atoms with Crippen molar-refractivity contribution in [1.29, 1.82) is 0 Å². The number of nitrogens with zero attached hydrogens (tertiary/aromatic N) is 2. The molecular weight excluding hydrogens is 324 g/mol. The number of hydrogen-bond donors (Lipinski definition) is 0. The number of pyridine rings is 1. The van der Waals surface area contributed by atoms with E-state index in [1.807, 2.05) is 23.9 Å². The van der Waals surface area contributed by atoms with Crippen molar-refractivity contribution in [1.82, 2.24) is 9.88 Å². The van der Waals surface area contributed by atoms with Gasteiger partial charge in [0.1, 0.15) is 5.69 Å². The van der Waals surface area contributed by atoms with E-state index in [9.17, 15) is 4.79 Å². The molecule has 3 rings (SSSR count). The van der Waals surface area contributed by atoms with Gasteiger partial charge >= 0.3 is 0 Å². The number of fused-ring (bicyclic) bond motifs is 1. The summed E-state index contributed by atoms with van der Waals surface area (Å²) in [5.74, 6) is 1.14. The van der Waals surface area contributed by atoms with Crippen LogP contribution in [0.15, 0.2) is 22.8 Å². The highest BCUT2D eigenvalue weighted by atomic mass is 79.9. The van der Waals surface area contributed by atoms with E-state index in [0.717, 1.165) is 23.2 Å². The van der Waals surface area contributed by atoms with Crippen LogP contribution in [0.3, 0.4) is 0 Å². The third-order valence-corrected chi connectivity index (χ3v) is 5.99. The van der Waals surface area contributed by atoms with Crippen LogP contribution in [0, 0.1) is 0 Å². The number of carbonyl (C=O) groups is 1. The van der Waals surface area contributed by atoms with Crippen LogP contribution in [0.2, 0.25) is 0 Å². The Morgan fingerprint density at radius 2 is 2.26 bits per heavy atom. The first-order valence-corrected chi connectivity index (χ1v) is 8.64. The van der Waals surface area contributed by atoms with Crippen molar-refractivity contribution in [2.24, 2.45) is 0 Å². The van der Waals surface area contributed by atoms with Crippen molar-refractivity contribution in [3.05, 3.63) is 28.5 Å². The lowest BCUT2D eigenvalue weighted by molar-refractivity contribution is 0.0639. The van der Waals surface area contributed by atoms with Crippen molar-refractivity contribution in [3.63, 3.8) is 0 Å². The monoisotopic (exact) mass is 340 g/mol. The number of amides is 1. The molecule has 1 saturated carbocycles. The van der Waals surface area contributed by atoms with E-state index in [2.05, 4.69) is 25.8 Å². The van der Waals surface area contributed by atoms with Gasteiger partial charge in [-0.25, -0.2) is 4.98 Å². The maximum atomic E-state index is 12.7. The molecule has 1 aliphatic heterocycles. The highest BCUT2D eigenvalue weighted by molar-refractivity contribution is 9.10. The fraction of sp³-hybridized carbons (Fsp3) is 0.571. The molecule has 2 fully saturated rings. The summed E-state index contributed by atoms with van der Waals surface area (Å²) in [5.41, 5.74) is 0.554. The lowest BCUT2D eigenvalue weighted by atomic mass is 9.93. The normalized spacial score (nSPS) is 26.9. The summed E-state index contributed by atoms with van der Waals surface area (Å²) >= 11 is 5.48. The minimum absolute atomic E-state index is 0.0877. The van der Waals surface area contributed by atoms with Gasteiger partial charge in [-0.2, -0.15) is 11.8 Å². The second-order valence-electron chi connectivity index (χ2n) is 5.09. The molecule has 1 aliphatic carbocycles. The van der Waals surface area contributed by atoms with Gasteiger partial charge in [-0.3, -0.25) is 4.79 Å². The molecule has 1 saturated heterocycles. The quantitative estimate of drug-likeness (QED) is 0.785. The summed E-state index contributed by atoms with van der Waals surface area (Å²) in [5, 5.41) is 0.633. The van der Waals surface area contributed by atoms with Crippen LogP contribution in [0.1, 0.15) is 36.2 Å². The van der Waals surface area contributed by atoms with Gasteiger partial charge in [-0.05, 0) is 40.9 Å². The maximum absolute atomic E-state index is 12.7. The lowest BCUT2D eigenvalue weighted by Gasteiger charge is -2.43. The average molecular weight is 341 g/mol. The topological polar surface area (TPSA) is 33.2 Å². The number of hydrogen-bond acceptors (Lipinski definition) is 3. The molecule has 0 radical (unpaired) electrons. The van der Waals surface area contributed by atoms with Crippen molar-refractivity contribution >= 4 is 33.6 Å². The van der Waals surface area contributed by atoms with Crippen LogP contribution in [-0.2, 0) is 0 Å². The second kappa shape index (κ2) is 5.83. The first-order valence-electron chi connectivity index (χ1n) is 6.80. The second-order valence-corrected chi connectivity index (χ2v) is 7.29. The number of thioether (sulfide) groups is 1. The summed E-state index contributed by atoms with van der Waals surface area (Å²) in [6.45, 7) is 0.855. The van der Waals surface area contributed by atoms with Crippen LogP contribution in [-0.4, -0.2) is 39.4 Å². The SMILES string of the molecule is O=C(c1ncccc1Br)N1CCS[C@H]2CCCC[C@H]21. The molecule has 2 aliphatic rings. The van der Waals surface area contributed by atoms with Gasteiger partial charge in [0.2, 0.25) is 0 Å². The largest absolute Gasteiger partial charge is 0.332 e. The number of carbonyl (C=O) groups excluding carboxylic acids is 1. The third-order valence-electron chi connectivity index (χ3n) is 3.95. The molecule has 102 valence electrons. The van der Waals surface area contributed by atoms with Crippen molar-refractivity contribution < 1.29 is 4.79 Å². The Kier molecular flexibility index (Phi) is 4.12. The molecule has 5 heteroatoms.